The first-order chi connectivity index (χ1) is 9.20. The molecule has 0 aliphatic heterocycles. The van der Waals surface area contributed by atoms with Gasteiger partial charge < -0.3 is 23.7 Å². The van der Waals surface area contributed by atoms with Crippen LogP contribution in [-0.2, 0) is 23.7 Å². The second kappa shape index (κ2) is 14.8. The first-order valence-electron chi connectivity index (χ1n) is 6.36. The fourth-order valence-electron chi connectivity index (χ4n) is 1.21. The highest BCUT2D eigenvalue weighted by molar-refractivity contribution is 6.18. The van der Waals surface area contributed by atoms with Gasteiger partial charge in [-0.25, -0.2) is 0 Å². The Hall–Kier alpha value is 0.380. The number of alkyl halides is 2. The first kappa shape index (κ1) is 19.4. The van der Waals surface area contributed by atoms with Gasteiger partial charge in [0, 0.05) is 11.8 Å². The Balaban J connectivity index is 3.34. The number of ether oxygens (including phenoxy) is 5. The number of rotatable bonds is 14. The lowest BCUT2D eigenvalue weighted by atomic mass is 10.6. The summed E-state index contributed by atoms with van der Waals surface area (Å²) in [7, 11) is 0. The molecule has 0 bridgehead atoms. The minimum absolute atomic E-state index is 0.349. The predicted molar refractivity (Wildman–Crippen MR) is 75.0 cm³/mol. The van der Waals surface area contributed by atoms with E-state index in [-0.39, 0.29) is 12.6 Å². The third-order valence-corrected chi connectivity index (χ3v) is 2.30. The van der Waals surface area contributed by atoms with Crippen molar-refractivity contribution in [2.75, 3.05) is 51.4 Å². The topological polar surface area (TPSA) is 46.2 Å². The molecule has 0 radical (unpaired) electrons. The maximum atomic E-state index is 5.47. The van der Waals surface area contributed by atoms with Crippen molar-refractivity contribution >= 4 is 23.2 Å². The lowest BCUT2D eigenvalue weighted by Gasteiger charge is -2.19. The summed E-state index contributed by atoms with van der Waals surface area (Å²) in [6, 6.07) is 0. The molecule has 19 heavy (non-hydrogen) atoms. The maximum absolute atomic E-state index is 5.47. The van der Waals surface area contributed by atoms with Crippen LogP contribution in [0.5, 0.6) is 0 Å². The summed E-state index contributed by atoms with van der Waals surface area (Å²) in [5.41, 5.74) is 0. The maximum Gasteiger partial charge on any atom is 0.158 e. The third kappa shape index (κ3) is 14.6. The van der Waals surface area contributed by atoms with E-state index in [1.807, 2.05) is 13.8 Å². The van der Waals surface area contributed by atoms with Crippen LogP contribution in [0.25, 0.3) is 0 Å². The minimum Gasteiger partial charge on any atom is -0.378 e. The summed E-state index contributed by atoms with van der Waals surface area (Å²) >= 11 is 10.9. The van der Waals surface area contributed by atoms with Crippen LogP contribution in [0, 0.1) is 0 Å². The van der Waals surface area contributed by atoms with Gasteiger partial charge in [-0.1, -0.05) is 0 Å². The second-order valence-electron chi connectivity index (χ2n) is 3.62. The quantitative estimate of drug-likeness (QED) is 0.279. The Morgan fingerprint density at radius 1 is 0.684 bits per heavy atom. The summed E-state index contributed by atoms with van der Waals surface area (Å²) in [5, 5.41) is 0. The first-order valence-corrected chi connectivity index (χ1v) is 7.43. The normalized spacial score (nSPS) is 14.5. The van der Waals surface area contributed by atoms with E-state index in [9.17, 15) is 0 Å². The van der Waals surface area contributed by atoms with Crippen molar-refractivity contribution in [2.45, 2.75) is 26.4 Å². The molecular formula is C12H24Cl2O5. The largest absolute Gasteiger partial charge is 0.378 e. The van der Waals surface area contributed by atoms with Crippen molar-refractivity contribution in [2.24, 2.45) is 0 Å². The zero-order valence-electron chi connectivity index (χ0n) is 11.6. The molecule has 0 saturated carbocycles. The molecule has 0 saturated heterocycles. The van der Waals surface area contributed by atoms with E-state index in [2.05, 4.69) is 0 Å². The van der Waals surface area contributed by atoms with Crippen LogP contribution < -0.4 is 0 Å². The van der Waals surface area contributed by atoms with E-state index in [0.717, 1.165) is 0 Å². The molecule has 0 aromatic heterocycles. The molecule has 0 amide bonds. The summed E-state index contributed by atoms with van der Waals surface area (Å²) in [5.74, 6) is 0.978. The van der Waals surface area contributed by atoms with Crippen molar-refractivity contribution in [3.05, 3.63) is 0 Å². The van der Waals surface area contributed by atoms with Gasteiger partial charge in [0.2, 0.25) is 0 Å². The average Bonchev–Trinajstić information content (AvgIpc) is 2.38. The van der Waals surface area contributed by atoms with Crippen LogP contribution in [-0.4, -0.2) is 64.0 Å². The van der Waals surface area contributed by atoms with Gasteiger partial charge >= 0.3 is 0 Å². The highest BCUT2D eigenvalue weighted by Gasteiger charge is 2.08. The molecule has 0 spiro atoms. The molecule has 0 fully saturated rings. The van der Waals surface area contributed by atoms with Crippen molar-refractivity contribution in [1.29, 1.82) is 0 Å². The molecular weight excluding hydrogens is 295 g/mol. The zero-order valence-corrected chi connectivity index (χ0v) is 13.1. The SMILES string of the molecule is CC(OCCOCCCl)OC(C)OCCOCCCl. The number of hydrogen-bond donors (Lipinski definition) is 0. The Labute approximate surface area is 125 Å². The molecule has 0 aromatic rings. The Bertz CT molecular complexity index is 168. The van der Waals surface area contributed by atoms with E-state index in [4.69, 9.17) is 46.9 Å². The summed E-state index contributed by atoms with van der Waals surface area (Å²) in [4.78, 5) is 0. The smallest absolute Gasteiger partial charge is 0.158 e. The Morgan fingerprint density at radius 2 is 1.11 bits per heavy atom. The van der Waals surface area contributed by atoms with Crippen LogP contribution in [0.2, 0.25) is 0 Å². The lowest BCUT2D eigenvalue weighted by Crippen LogP contribution is -2.25. The molecule has 7 heteroatoms. The van der Waals surface area contributed by atoms with Crippen molar-refractivity contribution < 1.29 is 23.7 Å². The minimum atomic E-state index is -0.349. The van der Waals surface area contributed by atoms with E-state index in [1.165, 1.54) is 0 Å². The fourth-order valence-corrected chi connectivity index (χ4v) is 1.43. The summed E-state index contributed by atoms with van der Waals surface area (Å²) in [6.45, 7) is 6.61. The van der Waals surface area contributed by atoms with Crippen molar-refractivity contribution in [1.82, 2.24) is 0 Å². The van der Waals surface area contributed by atoms with Gasteiger partial charge in [0.15, 0.2) is 12.6 Å². The molecule has 116 valence electrons. The van der Waals surface area contributed by atoms with Gasteiger partial charge in [-0.05, 0) is 13.8 Å². The molecule has 0 heterocycles. The second-order valence-corrected chi connectivity index (χ2v) is 4.37. The predicted octanol–water partition coefficient (Wildman–Crippen LogP) is 2.24. The average molecular weight is 319 g/mol. The van der Waals surface area contributed by atoms with Crippen molar-refractivity contribution in [3.8, 4) is 0 Å². The summed E-state index contributed by atoms with van der Waals surface area (Å²) in [6.07, 6.45) is -0.697. The van der Waals surface area contributed by atoms with E-state index in [0.29, 0.717) is 51.4 Å². The number of hydrogen-bond acceptors (Lipinski definition) is 5. The van der Waals surface area contributed by atoms with Crippen molar-refractivity contribution in [3.63, 3.8) is 0 Å². The van der Waals surface area contributed by atoms with Crippen LogP contribution >= 0.6 is 23.2 Å². The van der Waals surface area contributed by atoms with E-state index >= 15 is 0 Å². The van der Waals surface area contributed by atoms with Gasteiger partial charge in [-0.2, -0.15) is 0 Å². The molecule has 0 aliphatic carbocycles. The Morgan fingerprint density at radius 3 is 1.47 bits per heavy atom. The van der Waals surface area contributed by atoms with Gasteiger partial charge in [0.25, 0.3) is 0 Å². The Kier molecular flexibility index (Phi) is 15.1. The molecule has 2 unspecified atom stereocenters. The zero-order chi connectivity index (χ0) is 14.3. The molecule has 5 nitrogen and oxygen atoms in total. The van der Waals surface area contributed by atoms with Gasteiger partial charge in [0.05, 0.1) is 39.6 Å². The molecule has 0 N–H and O–H groups in total. The highest BCUT2D eigenvalue weighted by Crippen LogP contribution is 2.01. The highest BCUT2D eigenvalue weighted by atomic mass is 35.5. The fraction of sp³-hybridized carbons (Fsp3) is 1.00. The molecule has 2 atom stereocenters. The monoisotopic (exact) mass is 318 g/mol. The van der Waals surface area contributed by atoms with Crippen LogP contribution in [0.3, 0.4) is 0 Å². The van der Waals surface area contributed by atoms with Crippen LogP contribution in [0.15, 0.2) is 0 Å². The van der Waals surface area contributed by atoms with Gasteiger partial charge in [-0.3, -0.25) is 0 Å². The van der Waals surface area contributed by atoms with Crippen LogP contribution in [0.1, 0.15) is 13.8 Å². The molecule has 0 aromatic carbocycles. The molecule has 0 rings (SSSR count). The lowest BCUT2D eigenvalue weighted by molar-refractivity contribution is -0.236. The van der Waals surface area contributed by atoms with E-state index in [1.54, 1.807) is 0 Å². The third-order valence-electron chi connectivity index (χ3n) is 1.99. The van der Waals surface area contributed by atoms with Crippen LogP contribution in [0.4, 0.5) is 0 Å². The standard InChI is InChI=1S/C12H24Cl2O5/c1-11(17-9-7-15-5-3-13)19-12(2)18-10-8-16-6-4-14/h11-12H,3-10H2,1-2H3. The van der Waals surface area contributed by atoms with Gasteiger partial charge in [0.1, 0.15) is 0 Å². The summed E-state index contributed by atoms with van der Waals surface area (Å²) < 4.78 is 26.6. The van der Waals surface area contributed by atoms with E-state index < -0.39 is 0 Å². The van der Waals surface area contributed by atoms with Gasteiger partial charge in [-0.15, -0.1) is 23.2 Å². The number of halogens is 2. The molecule has 0 aliphatic rings.